The first kappa shape index (κ1) is 13.6. The topological polar surface area (TPSA) is 15.3 Å². The van der Waals surface area contributed by atoms with Gasteiger partial charge in [-0.25, -0.2) is 0 Å². The molecule has 100 valence electrons. The van der Waals surface area contributed by atoms with Gasteiger partial charge in [-0.3, -0.25) is 0 Å². The van der Waals surface area contributed by atoms with E-state index in [1.54, 1.807) is 0 Å². The van der Waals surface area contributed by atoms with Gasteiger partial charge in [-0.05, 0) is 50.9 Å². The number of rotatable bonds is 6. The lowest BCUT2D eigenvalue weighted by Gasteiger charge is -2.20. The molecule has 0 aliphatic carbocycles. The second kappa shape index (κ2) is 6.91. The molecule has 2 atom stereocenters. The average molecular weight is 246 g/mol. The van der Waals surface area contributed by atoms with E-state index in [0.717, 1.165) is 12.3 Å². The van der Waals surface area contributed by atoms with Gasteiger partial charge in [-0.1, -0.05) is 37.3 Å². The Balaban J connectivity index is 1.75. The summed E-state index contributed by atoms with van der Waals surface area (Å²) in [4.78, 5) is 2.44. The molecule has 0 amide bonds. The molecule has 1 aromatic carbocycles. The highest BCUT2D eigenvalue weighted by molar-refractivity contribution is 5.15. The molecular weight excluding hydrogens is 220 g/mol. The van der Waals surface area contributed by atoms with Crippen LogP contribution in [-0.4, -0.2) is 37.6 Å². The van der Waals surface area contributed by atoms with Gasteiger partial charge in [-0.2, -0.15) is 0 Å². The van der Waals surface area contributed by atoms with Gasteiger partial charge in [0.2, 0.25) is 0 Å². The lowest BCUT2D eigenvalue weighted by Crippen LogP contribution is -2.35. The van der Waals surface area contributed by atoms with Gasteiger partial charge in [0, 0.05) is 12.6 Å². The molecule has 18 heavy (non-hydrogen) atoms. The Hall–Kier alpha value is -0.860. The predicted molar refractivity (Wildman–Crippen MR) is 77.8 cm³/mol. The molecule has 1 aliphatic heterocycles. The quantitative estimate of drug-likeness (QED) is 0.830. The smallest absolute Gasteiger partial charge is 0.0105 e. The van der Waals surface area contributed by atoms with E-state index in [0.29, 0.717) is 6.04 Å². The standard InChI is InChI=1S/C16H26N2/c1-3-16(11-14-7-5-4-6-8-14)17-12-15-9-10-18(2)13-15/h4-8,15-17H,3,9-13H2,1-2H3. The van der Waals surface area contributed by atoms with Crippen LogP contribution in [0.3, 0.4) is 0 Å². The van der Waals surface area contributed by atoms with Crippen molar-refractivity contribution < 1.29 is 0 Å². The van der Waals surface area contributed by atoms with Crippen LogP contribution in [0.15, 0.2) is 30.3 Å². The third kappa shape index (κ3) is 4.11. The summed E-state index contributed by atoms with van der Waals surface area (Å²) >= 11 is 0. The van der Waals surface area contributed by atoms with Crippen molar-refractivity contribution in [3.05, 3.63) is 35.9 Å². The molecule has 2 unspecified atom stereocenters. The summed E-state index contributed by atoms with van der Waals surface area (Å²) in [6, 6.07) is 11.4. The molecule has 2 heteroatoms. The van der Waals surface area contributed by atoms with Gasteiger partial charge < -0.3 is 10.2 Å². The van der Waals surface area contributed by atoms with E-state index >= 15 is 0 Å². The molecule has 2 nitrogen and oxygen atoms in total. The van der Waals surface area contributed by atoms with Gasteiger partial charge in [-0.15, -0.1) is 0 Å². The normalized spacial score (nSPS) is 22.2. The fraction of sp³-hybridized carbons (Fsp3) is 0.625. The van der Waals surface area contributed by atoms with E-state index in [-0.39, 0.29) is 0 Å². The first-order valence-electron chi connectivity index (χ1n) is 7.23. The van der Waals surface area contributed by atoms with Crippen molar-refractivity contribution in [2.45, 2.75) is 32.2 Å². The molecule has 0 radical (unpaired) electrons. The van der Waals surface area contributed by atoms with E-state index in [1.165, 1.54) is 38.0 Å². The van der Waals surface area contributed by atoms with Gasteiger partial charge in [0.05, 0.1) is 0 Å². The van der Waals surface area contributed by atoms with Crippen LogP contribution < -0.4 is 5.32 Å². The van der Waals surface area contributed by atoms with Crippen molar-refractivity contribution in [1.82, 2.24) is 10.2 Å². The monoisotopic (exact) mass is 246 g/mol. The summed E-state index contributed by atoms with van der Waals surface area (Å²) in [5, 5.41) is 3.75. The summed E-state index contributed by atoms with van der Waals surface area (Å²) in [6.07, 6.45) is 3.71. The zero-order valence-corrected chi connectivity index (χ0v) is 11.7. The van der Waals surface area contributed by atoms with Crippen molar-refractivity contribution in [2.24, 2.45) is 5.92 Å². The summed E-state index contributed by atoms with van der Waals surface area (Å²) < 4.78 is 0. The van der Waals surface area contributed by atoms with E-state index in [9.17, 15) is 0 Å². The van der Waals surface area contributed by atoms with Gasteiger partial charge in [0.25, 0.3) is 0 Å². The second-order valence-corrected chi connectivity index (χ2v) is 5.62. The maximum Gasteiger partial charge on any atom is 0.0105 e. The molecule has 1 heterocycles. The number of hydrogen-bond donors (Lipinski definition) is 1. The van der Waals surface area contributed by atoms with Crippen molar-refractivity contribution in [2.75, 3.05) is 26.7 Å². The second-order valence-electron chi connectivity index (χ2n) is 5.62. The molecule has 2 rings (SSSR count). The molecular formula is C16H26N2. The fourth-order valence-corrected chi connectivity index (χ4v) is 2.79. The molecule has 1 fully saturated rings. The maximum atomic E-state index is 3.75. The van der Waals surface area contributed by atoms with E-state index < -0.39 is 0 Å². The molecule has 1 saturated heterocycles. The number of likely N-dealkylation sites (tertiary alicyclic amines) is 1. The fourth-order valence-electron chi connectivity index (χ4n) is 2.79. The Labute approximate surface area is 111 Å². The van der Waals surface area contributed by atoms with Crippen LogP contribution in [0.1, 0.15) is 25.3 Å². The summed E-state index contributed by atoms with van der Waals surface area (Å²) in [5.74, 6) is 0.847. The summed E-state index contributed by atoms with van der Waals surface area (Å²) in [5.41, 5.74) is 1.44. The molecule has 0 aromatic heterocycles. The number of nitrogens with zero attached hydrogens (tertiary/aromatic N) is 1. The minimum Gasteiger partial charge on any atom is -0.313 e. The van der Waals surface area contributed by atoms with Crippen molar-refractivity contribution in [1.29, 1.82) is 0 Å². The predicted octanol–water partition coefficient (Wildman–Crippen LogP) is 2.55. The Morgan fingerprint density at radius 1 is 1.33 bits per heavy atom. The molecule has 1 N–H and O–H groups in total. The molecule has 0 saturated carbocycles. The highest BCUT2D eigenvalue weighted by Crippen LogP contribution is 2.14. The van der Waals surface area contributed by atoms with Gasteiger partial charge in [0.1, 0.15) is 0 Å². The SMILES string of the molecule is CCC(Cc1ccccc1)NCC1CCN(C)C1. The Morgan fingerprint density at radius 3 is 2.72 bits per heavy atom. The highest BCUT2D eigenvalue weighted by atomic mass is 15.1. The van der Waals surface area contributed by atoms with Gasteiger partial charge >= 0.3 is 0 Å². The first-order chi connectivity index (χ1) is 8.78. The van der Waals surface area contributed by atoms with Crippen LogP contribution in [0.25, 0.3) is 0 Å². The van der Waals surface area contributed by atoms with Crippen molar-refractivity contribution in [3.63, 3.8) is 0 Å². The van der Waals surface area contributed by atoms with Crippen LogP contribution >= 0.6 is 0 Å². The summed E-state index contributed by atoms with van der Waals surface area (Å²) in [7, 11) is 2.22. The van der Waals surface area contributed by atoms with E-state index in [1.807, 2.05) is 0 Å². The van der Waals surface area contributed by atoms with Crippen LogP contribution in [0, 0.1) is 5.92 Å². The third-order valence-electron chi connectivity index (χ3n) is 4.00. The van der Waals surface area contributed by atoms with Crippen molar-refractivity contribution >= 4 is 0 Å². The van der Waals surface area contributed by atoms with Crippen LogP contribution in [0.4, 0.5) is 0 Å². The lowest BCUT2D eigenvalue weighted by molar-refractivity contribution is 0.375. The third-order valence-corrected chi connectivity index (χ3v) is 4.00. The van der Waals surface area contributed by atoms with Crippen LogP contribution in [-0.2, 0) is 6.42 Å². The van der Waals surface area contributed by atoms with Crippen LogP contribution in [0.2, 0.25) is 0 Å². The zero-order chi connectivity index (χ0) is 12.8. The van der Waals surface area contributed by atoms with Crippen LogP contribution in [0.5, 0.6) is 0 Å². The lowest BCUT2D eigenvalue weighted by atomic mass is 10.0. The molecule has 1 aromatic rings. The number of nitrogens with one attached hydrogen (secondary N) is 1. The largest absolute Gasteiger partial charge is 0.313 e. The molecule has 0 bridgehead atoms. The van der Waals surface area contributed by atoms with Gasteiger partial charge in [0.15, 0.2) is 0 Å². The highest BCUT2D eigenvalue weighted by Gasteiger charge is 2.19. The Morgan fingerprint density at radius 2 is 2.11 bits per heavy atom. The number of benzene rings is 1. The molecule has 0 spiro atoms. The first-order valence-corrected chi connectivity index (χ1v) is 7.23. The van der Waals surface area contributed by atoms with E-state index in [4.69, 9.17) is 0 Å². The number of hydrogen-bond acceptors (Lipinski definition) is 2. The van der Waals surface area contributed by atoms with Crippen molar-refractivity contribution in [3.8, 4) is 0 Å². The Kier molecular flexibility index (Phi) is 5.21. The summed E-state index contributed by atoms with van der Waals surface area (Å²) in [6.45, 7) is 5.98. The Bertz CT molecular complexity index is 336. The average Bonchev–Trinajstić information content (AvgIpc) is 2.81. The maximum absolute atomic E-state index is 3.75. The minimum atomic E-state index is 0.623. The van der Waals surface area contributed by atoms with E-state index in [2.05, 4.69) is 54.5 Å². The molecule has 1 aliphatic rings. The minimum absolute atomic E-state index is 0.623. The zero-order valence-electron chi connectivity index (χ0n) is 11.7.